The summed E-state index contributed by atoms with van der Waals surface area (Å²) < 4.78 is 16.4. The molecule has 0 spiro atoms. The Hall–Kier alpha value is -2.41. The van der Waals surface area contributed by atoms with Crippen molar-refractivity contribution in [2.24, 2.45) is 0 Å². The normalized spacial score (nSPS) is 19.2. The molecule has 1 saturated heterocycles. The highest BCUT2D eigenvalue weighted by Crippen LogP contribution is 2.47. The number of benzene rings is 1. The Morgan fingerprint density at radius 1 is 1.36 bits per heavy atom. The summed E-state index contributed by atoms with van der Waals surface area (Å²) in [4.78, 5) is 18.8. The number of thioether (sulfide) groups is 1. The molecule has 0 N–H and O–H groups in total. The molecule has 6 nitrogen and oxygen atoms in total. The molecular formula is C18H18N2O4S. The molecule has 1 amide bonds. The highest BCUT2D eigenvalue weighted by atomic mass is 32.2. The largest absolute Gasteiger partial charge is 0.493 e. The summed E-state index contributed by atoms with van der Waals surface area (Å²) >= 11 is 1.74. The minimum absolute atomic E-state index is 0.105. The first-order valence-electron chi connectivity index (χ1n) is 8.05. The van der Waals surface area contributed by atoms with Crippen molar-refractivity contribution in [1.29, 1.82) is 0 Å². The molecule has 130 valence electrons. The molecule has 2 aliphatic rings. The fraction of sp³-hybridized carbons (Fsp3) is 0.333. The van der Waals surface area contributed by atoms with Gasteiger partial charge in [-0.1, -0.05) is 6.07 Å². The van der Waals surface area contributed by atoms with Crippen LogP contribution in [-0.2, 0) is 11.3 Å². The smallest absolute Gasteiger partial charge is 0.231 e. The van der Waals surface area contributed by atoms with Gasteiger partial charge >= 0.3 is 0 Å². The van der Waals surface area contributed by atoms with Gasteiger partial charge in [0.15, 0.2) is 11.5 Å². The first-order valence-corrected chi connectivity index (χ1v) is 9.09. The van der Waals surface area contributed by atoms with Gasteiger partial charge in [0.1, 0.15) is 5.37 Å². The first-order chi connectivity index (χ1) is 12.3. The van der Waals surface area contributed by atoms with Crippen LogP contribution in [0.1, 0.15) is 23.1 Å². The molecule has 1 fully saturated rings. The van der Waals surface area contributed by atoms with Gasteiger partial charge in [0.05, 0.1) is 19.3 Å². The lowest BCUT2D eigenvalue weighted by Crippen LogP contribution is -2.37. The Morgan fingerprint density at radius 3 is 3.08 bits per heavy atom. The lowest BCUT2D eigenvalue weighted by atomic mass is 10.1. The first kappa shape index (κ1) is 16.1. The molecule has 0 saturated carbocycles. The van der Waals surface area contributed by atoms with Crippen LogP contribution >= 0.6 is 11.8 Å². The van der Waals surface area contributed by atoms with Crippen LogP contribution < -0.4 is 14.2 Å². The summed E-state index contributed by atoms with van der Waals surface area (Å²) in [5.41, 5.74) is 1.84. The Labute approximate surface area is 150 Å². The second-order valence-corrected chi connectivity index (χ2v) is 6.96. The van der Waals surface area contributed by atoms with Crippen LogP contribution in [0.15, 0.2) is 36.5 Å². The van der Waals surface area contributed by atoms with Crippen molar-refractivity contribution >= 4 is 17.7 Å². The highest BCUT2D eigenvalue weighted by molar-refractivity contribution is 7.99. The third-order valence-electron chi connectivity index (χ3n) is 4.22. The van der Waals surface area contributed by atoms with E-state index < -0.39 is 0 Å². The minimum Gasteiger partial charge on any atom is -0.493 e. The van der Waals surface area contributed by atoms with Crippen molar-refractivity contribution in [2.45, 2.75) is 18.3 Å². The molecule has 3 heterocycles. The van der Waals surface area contributed by atoms with Gasteiger partial charge < -0.3 is 19.1 Å². The van der Waals surface area contributed by atoms with E-state index >= 15 is 0 Å². The predicted molar refractivity (Wildman–Crippen MR) is 93.7 cm³/mol. The zero-order valence-electron chi connectivity index (χ0n) is 13.8. The maximum atomic E-state index is 12.6. The molecule has 7 heteroatoms. The standard InChI is InChI=1S/C18H18N2O4S/c1-22-14-8-12(9-15-17(14)24-11-23-15)18-20(16(21)5-7-25-18)10-13-4-2-3-6-19-13/h2-4,6,8-9,18H,5,7,10-11H2,1H3. The number of amides is 1. The van der Waals surface area contributed by atoms with Crippen LogP contribution in [-0.4, -0.2) is 35.4 Å². The number of carbonyl (C=O) groups is 1. The van der Waals surface area contributed by atoms with E-state index in [4.69, 9.17) is 14.2 Å². The topological polar surface area (TPSA) is 60.9 Å². The number of methoxy groups -OCH3 is 1. The van der Waals surface area contributed by atoms with Gasteiger partial charge in [-0.3, -0.25) is 9.78 Å². The van der Waals surface area contributed by atoms with E-state index in [2.05, 4.69) is 4.98 Å². The monoisotopic (exact) mass is 358 g/mol. The van der Waals surface area contributed by atoms with Gasteiger partial charge in [-0.05, 0) is 29.8 Å². The number of pyridine rings is 1. The van der Waals surface area contributed by atoms with Crippen LogP contribution in [0.4, 0.5) is 0 Å². The summed E-state index contributed by atoms with van der Waals surface area (Å²) in [6, 6.07) is 9.60. The van der Waals surface area contributed by atoms with Crippen LogP contribution in [0, 0.1) is 0 Å². The van der Waals surface area contributed by atoms with Crippen molar-refractivity contribution in [3.05, 3.63) is 47.8 Å². The van der Waals surface area contributed by atoms with Gasteiger partial charge in [-0.2, -0.15) is 0 Å². The maximum Gasteiger partial charge on any atom is 0.231 e. The second-order valence-electron chi connectivity index (χ2n) is 5.77. The number of rotatable bonds is 4. The number of fused-ring (bicyclic) bond motifs is 1. The van der Waals surface area contributed by atoms with Crippen molar-refractivity contribution in [2.75, 3.05) is 19.7 Å². The maximum absolute atomic E-state index is 12.6. The van der Waals surface area contributed by atoms with E-state index in [1.165, 1.54) is 0 Å². The Morgan fingerprint density at radius 2 is 2.28 bits per heavy atom. The summed E-state index contributed by atoms with van der Waals surface area (Å²) in [5.74, 6) is 2.83. The average Bonchev–Trinajstić information content (AvgIpc) is 3.12. The number of hydrogen-bond donors (Lipinski definition) is 0. The number of carbonyl (C=O) groups excluding carboxylic acids is 1. The zero-order valence-corrected chi connectivity index (χ0v) is 14.6. The molecule has 1 aromatic heterocycles. The summed E-state index contributed by atoms with van der Waals surface area (Å²) in [7, 11) is 1.60. The van der Waals surface area contributed by atoms with Gasteiger partial charge in [-0.15, -0.1) is 11.8 Å². The molecule has 0 radical (unpaired) electrons. The van der Waals surface area contributed by atoms with Crippen LogP contribution in [0.3, 0.4) is 0 Å². The Balaban J connectivity index is 1.68. The Kier molecular flexibility index (Phi) is 4.40. The zero-order chi connectivity index (χ0) is 17.2. The van der Waals surface area contributed by atoms with Crippen LogP contribution in [0.5, 0.6) is 17.2 Å². The van der Waals surface area contributed by atoms with Crippen molar-refractivity contribution in [3.8, 4) is 17.2 Å². The molecule has 1 atom stereocenters. The molecule has 0 aliphatic carbocycles. The number of aromatic nitrogens is 1. The molecule has 2 aromatic rings. The van der Waals surface area contributed by atoms with Gasteiger partial charge in [0, 0.05) is 18.4 Å². The lowest BCUT2D eigenvalue weighted by molar-refractivity contribution is -0.132. The van der Waals surface area contributed by atoms with E-state index in [1.807, 2.05) is 35.2 Å². The lowest BCUT2D eigenvalue weighted by Gasteiger charge is -2.35. The molecule has 0 bridgehead atoms. The fourth-order valence-corrected chi connectivity index (χ4v) is 4.24. The quantitative estimate of drug-likeness (QED) is 0.837. The van der Waals surface area contributed by atoms with E-state index in [9.17, 15) is 4.79 Å². The van der Waals surface area contributed by atoms with E-state index in [-0.39, 0.29) is 18.1 Å². The van der Waals surface area contributed by atoms with Gasteiger partial charge in [0.25, 0.3) is 0 Å². The van der Waals surface area contributed by atoms with Gasteiger partial charge in [0.2, 0.25) is 18.4 Å². The summed E-state index contributed by atoms with van der Waals surface area (Å²) in [6.07, 6.45) is 2.28. The SMILES string of the molecule is COc1cc(C2SCCC(=O)N2Cc2ccccn2)cc2c1OCO2. The predicted octanol–water partition coefficient (Wildman–Crippen LogP) is 2.98. The highest BCUT2D eigenvalue weighted by Gasteiger charge is 2.32. The number of hydrogen-bond acceptors (Lipinski definition) is 6. The molecule has 2 aliphatic heterocycles. The van der Waals surface area contributed by atoms with E-state index in [0.29, 0.717) is 30.2 Å². The van der Waals surface area contributed by atoms with Crippen molar-refractivity contribution in [1.82, 2.24) is 9.88 Å². The van der Waals surface area contributed by atoms with E-state index in [1.54, 1.807) is 25.1 Å². The van der Waals surface area contributed by atoms with E-state index in [0.717, 1.165) is 17.0 Å². The van der Waals surface area contributed by atoms with Crippen LogP contribution in [0.25, 0.3) is 0 Å². The minimum atomic E-state index is -0.105. The summed E-state index contributed by atoms with van der Waals surface area (Å²) in [6.45, 7) is 0.664. The molecule has 25 heavy (non-hydrogen) atoms. The third-order valence-corrected chi connectivity index (χ3v) is 5.50. The fourth-order valence-electron chi connectivity index (χ4n) is 3.03. The van der Waals surface area contributed by atoms with Crippen LogP contribution in [0.2, 0.25) is 0 Å². The summed E-state index contributed by atoms with van der Waals surface area (Å²) in [5, 5.41) is -0.105. The second kappa shape index (κ2) is 6.84. The molecular weight excluding hydrogens is 340 g/mol. The molecule has 1 unspecified atom stereocenters. The Bertz CT molecular complexity index is 784. The van der Waals surface area contributed by atoms with Crippen molar-refractivity contribution in [3.63, 3.8) is 0 Å². The third kappa shape index (κ3) is 3.11. The average molecular weight is 358 g/mol. The molecule has 4 rings (SSSR count). The van der Waals surface area contributed by atoms with Gasteiger partial charge in [-0.25, -0.2) is 0 Å². The molecule has 1 aromatic carbocycles. The number of nitrogens with zero attached hydrogens (tertiary/aromatic N) is 2. The number of ether oxygens (including phenoxy) is 3. The van der Waals surface area contributed by atoms with Crippen molar-refractivity contribution < 1.29 is 19.0 Å².